The van der Waals surface area contributed by atoms with Crippen molar-refractivity contribution in [1.82, 2.24) is 47.4 Å². The SMILES string of the molecule is CC(C)C[C@H](NC(=O)[C@H](CCC(=O)O)NC(=O)[C@H](CCC(=O)O)NC(=O)[C@H](CC(C)C)NC(=O)[C@H](CCC(=O)O)NC(=O)[C@@H](N)CCCN=C(N)N)C(=O)N[C@@H](CC(N)=O)C(=O)N[C@H](C(=O)NCC(=O)N1CCC[C@H]1C(=O)O)C(C)C. The van der Waals surface area contributed by atoms with Crippen LogP contribution in [0.15, 0.2) is 4.99 Å². The number of likely N-dealkylation sites (tertiary alicyclic amines) is 1. The zero-order valence-electron chi connectivity index (χ0n) is 46.5. The first-order chi connectivity index (χ1) is 37.7. The highest BCUT2D eigenvalue weighted by Gasteiger charge is 2.38. The van der Waals surface area contributed by atoms with Crippen molar-refractivity contribution in [2.45, 2.75) is 179 Å². The Labute approximate surface area is 467 Å². The van der Waals surface area contributed by atoms with E-state index < -0.39 is 201 Å². The van der Waals surface area contributed by atoms with E-state index in [-0.39, 0.29) is 57.1 Å². The Bertz CT molecular complexity index is 2290. The summed E-state index contributed by atoms with van der Waals surface area (Å²) < 4.78 is 0. The predicted octanol–water partition coefficient (Wildman–Crippen LogP) is -4.83. The van der Waals surface area contributed by atoms with Gasteiger partial charge in [0.1, 0.15) is 48.3 Å². The van der Waals surface area contributed by atoms with Crippen molar-refractivity contribution < 1.29 is 87.5 Å². The summed E-state index contributed by atoms with van der Waals surface area (Å²) in [7, 11) is 0. The molecular formula is C49H82N14O18. The van der Waals surface area contributed by atoms with Crippen molar-refractivity contribution in [2.24, 2.45) is 45.7 Å². The number of guanidine groups is 1. The Morgan fingerprint density at radius 3 is 1.31 bits per heavy atom. The van der Waals surface area contributed by atoms with E-state index in [1.165, 1.54) is 13.8 Å². The quantitative estimate of drug-likeness (QED) is 0.0157. The van der Waals surface area contributed by atoms with Crippen molar-refractivity contribution in [2.75, 3.05) is 19.6 Å². The lowest BCUT2D eigenvalue weighted by molar-refractivity contribution is -0.148. The molecule has 9 atom stereocenters. The first kappa shape index (κ1) is 70.8. The van der Waals surface area contributed by atoms with E-state index in [2.05, 4.69) is 47.5 Å². The third-order valence-corrected chi connectivity index (χ3v) is 12.4. The zero-order chi connectivity index (χ0) is 61.8. The number of carboxylic acids is 4. The highest BCUT2D eigenvalue weighted by molar-refractivity contribution is 5.99. The molecule has 1 aliphatic heterocycles. The minimum atomic E-state index is -1.81. The van der Waals surface area contributed by atoms with Crippen LogP contribution in [0.5, 0.6) is 0 Å². The van der Waals surface area contributed by atoms with Crippen molar-refractivity contribution in [3.8, 4) is 0 Å². The van der Waals surface area contributed by atoms with Gasteiger partial charge in [-0.2, -0.15) is 0 Å². The average Bonchev–Trinajstić information content (AvgIpc) is 3.87. The fourth-order valence-electron chi connectivity index (χ4n) is 8.20. The third kappa shape index (κ3) is 27.5. The Morgan fingerprint density at radius 1 is 0.531 bits per heavy atom. The number of carbonyl (C=O) groups is 14. The minimum Gasteiger partial charge on any atom is -0.481 e. The van der Waals surface area contributed by atoms with Crippen LogP contribution in [0.3, 0.4) is 0 Å². The van der Waals surface area contributed by atoms with E-state index in [0.29, 0.717) is 6.42 Å². The van der Waals surface area contributed by atoms with Gasteiger partial charge in [-0.1, -0.05) is 41.5 Å². The molecular weight excluding hydrogens is 1070 g/mol. The Kier molecular flexibility index (Phi) is 31.0. The second-order valence-corrected chi connectivity index (χ2v) is 20.7. The lowest BCUT2D eigenvalue weighted by atomic mass is 10.00. The van der Waals surface area contributed by atoms with Gasteiger partial charge in [-0.3, -0.25) is 67.3 Å². The first-order valence-electron chi connectivity index (χ1n) is 26.4. The monoisotopic (exact) mass is 1150 g/mol. The van der Waals surface area contributed by atoms with Crippen LogP contribution < -0.4 is 65.5 Å². The summed E-state index contributed by atoms with van der Waals surface area (Å²) in [5, 5.41) is 57.0. The van der Waals surface area contributed by atoms with Crippen LogP contribution in [-0.4, -0.2) is 188 Å². The standard InChI is InChI=1S/C49H82N14O18/c1-23(2)19-30(59-42(74)27(11-14-36(66)67)56-40(72)26(50)9-7-17-54-49(52)53)44(76)58-28(12-15-37(68)69)41(73)57-29(13-16-38(70)71)43(75)60-31(20-24(3)4)45(77)61-32(21-34(51)64)46(78)62-39(25(5)6)47(79)55-22-35(65)63-18-8-10-33(63)48(80)81/h23-33,39H,7-22,50H2,1-6H3,(H2,51,64)(H,55,79)(H,56,72)(H,57,73)(H,58,76)(H,59,74)(H,60,75)(H,61,77)(H,62,78)(H,66,67)(H,68,69)(H,70,71)(H,80,81)(H4,52,53,54)/t26-,27-,28-,29-,30-,31-,32-,33-,39-/m0/s1. The molecule has 20 N–H and O–H groups in total. The molecule has 32 nitrogen and oxygen atoms in total. The minimum absolute atomic E-state index is 0.0530. The molecule has 0 spiro atoms. The lowest BCUT2D eigenvalue weighted by Gasteiger charge is -2.29. The third-order valence-electron chi connectivity index (χ3n) is 12.4. The van der Waals surface area contributed by atoms with Gasteiger partial charge in [0.2, 0.25) is 59.1 Å². The number of carboxylic acid groups (broad SMARTS) is 4. The van der Waals surface area contributed by atoms with Crippen LogP contribution in [0.4, 0.5) is 0 Å². The van der Waals surface area contributed by atoms with E-state index in [1.54, 1.807) is 27.7 Å². The Morgan fingerprint density at radius 2 is 0.926 bits per heavy atom. The van der Waals surface area contributed by atoms with Gasteiger partial charge in [0.15, 0.2) is 5.96 Å². The first-order valence-corrected chi connectivity index (χ1v) is 26.4. The highest BCUT2D eigenvalue weighted by atomic mass is 16.4. The lowest BCUT2D eigenvalue weighted by Crippen LogP contribution is -2.61. The maximum Gasteiger partial charge on any atom is 0.326 e. The average molecular weight is 1160 g/mol. The summed E-state index contributed by atoms with van der Waals surface area (Å²) in [5.74, 6) is -17.2. The molecule has 0 aliphatic carbocycles. The molecule has 0 aromatic heterocycles. The number of rotatable bonds is 38. The number of aliphatic imine (C=N–C) groups is 1. The molecule has 0 aromatic carbocycles. The van der Waals surface area contributed by atoms with Crippen LogP contribution in [0.1, 0.15) is 125 Å². The Balaban J connectivity index is 3.47. The van der Waals surface area contributed by atoms with E-state index in [9.17, 15) is 87.5 Å². The molecule has 1 aliphatic rings. The van der Waals surface area contributed by atoms with Crippen molar-refractivity contribution in [3.05, 3.63) is 0 Å². The van der Waals surface area contributed by atoms with Crippen molar-refractivity contribution in [3.63, 3.8) is 0 Å². The van der Waals surface area contributed by atoms with Crippen molar-refractivity contribution in [1.29, 1.82) is 0 Å². The molecule has 0 saturated carbocycles. The molecule has 456 valence electrons. The summed E-state index contributed by atoms with van der Waals surface area (Å²) in [6, 6.07) is -13.7. The van der Waals surface area contributed by atoms with E-state index in [0.717, 1.165) is 4.90 Å². The van der Waals surface area contributed by atoms with E-state index >= 15 is 0 Å². The second-order valence-electron chi connectivity index (χ2n) is 20.7. The van der Waals surface area contributed by atoms with Crippen molar-refractivity contribution >= 4 is 88.9 Å². The molecule has 1 fully saturated rings. The molecule has 0 bridgehead atoms. The van der Waals surface area contributed by atoms with Gasteiger partial charge in [-0.25, -0.2) is 4.79 Å². The summed E-state index contributed by atoms with van der Waals surface area (Å²) in [5.41, 5.74) is 22.0. The molecule has 1 heterocycles. The van der Waals surface area contributed by atoms with Crippen LogP contribution >= 0.6 is 0 Å². The number of nitrogens with one attached hydrogen (secondary N) is 8. The second kappa shape index (κ2) is 35.4. The number of aliphatic carboxylic acids is 4. The number of amides is 10. The van der Waals surface area contributed by atoms with Crippen LogP contribution in [0, 0.1) is 17.8 Å². The molecule has 32 heteroatoms. The summed E-state index contributed by atoms with van der Waals surface area (Å²) in [6.07, 6.45) is -4.06. The molecule has 0 unspecified atom stereocenters. The number of primary amides is 1. The molecule has 0 radical (unpaired) electrons. The highest BCUT2D eigenvalue weighted by Crippen LogP contribution is 2.18. The van der Waals surface area contributed by atoms with Gasteiger partial charge in [0.05, 0.1) is 19.0 Å². The van der Waals surface area contributed by atoms with Crippen LogP contribution in [0.25, 0.3) is 0 Å². The topological polar surface area (TPSA) is 536 Å². The molecule has 10 amide bonds. The Hall–Kier alpha value is -8.19. The predicted molar refractivity (Wildman–Crippen MR) is 285 cm³/mol. The number of nitrogens with zero attached hydrogens (tertiary/aromatic N) is 2. The number of hydrogen-bond donors (Lipinski definition) is 16. The fourth-order valence-corrected chi connectivity index (χ4v) is 8.20. The molecule has 0 aromatic rings. The van der Waals surface area contributed by atoms with Gasteiger partial charge in [0.25, 0.3) is 0 Å². The van der Waals surface area contributed by atoms with Crippen LogP contribution in [0.2, 0.25) is 0 Å². The van der Waals surface area contributed by atoms with Gasteiger partial charge >= 0.3 is 23.9 Å². The number of nitrogens with two attached hydrogens (primary N) is 4. The molecule has 1 saturated heterocycles. The maximum atomic E-state index is 14.1. The summed E-state index contributed by atoms with van der Waals surface area (Å²) in [6.45, 7) is 9.31. The van der Waals surface area contributed by atoms with Gasteiger partial charge in [-0.05, 0) is 75.5 Å². The summed E-state index contributed by atoms with van der Waals surface area (Å²) >= 11 is 0. The van der Waals surface area contributed by atoms with Crippen LogP contribution in [-0.2, 0) is 67.1 Å². The molecule has 81 heavy (non-hydrogen) atoms. The fraction of sp³-hybridized carbons (Fsp3) is 0.694. The number of carbonyl (C=O) groups excluding carboxylic acids is 10. The van der Waals surface area contributed by atoms with Gasteiger partial charge in [0, 0.05) is 32.4 Å². The number of hydrogen-bond acceptors (Lipinski definition) is 16. The van der Waals surface area contributed by atoms with Gasteiger partial charge < -0.3 is 90.8 Å². The normalized spacial score (nSPS) is 15.9. The summed E-state index contributed by atoms with van der Waals surface area (Å²) in [4.78, 5) is 187. The molecule has 1 rings (SSSR count). The largest absolute Gasteiger partial charge is 0.481 e. The van der Waals surface area contributed by atoms with Gasteiger partial charge in [-0.15, -0.1) is 0 Å². The van der Waals surface area contributed by atoms with E-state index in [1.807, 2.05) is 0 Å². The smallest absolute Gasteiger partial charge is 0.326 e. The zero-order valence-corrected chi connectivity index (χ0v) is 46.5. The van der Waals surface area contributed by atoms with E-state index in [4.69, 9.17) is 22.9 Å². The maximum absolute atomic E-state index is 14.1.